The van der Waals surface area contributed by atoms with Crippen molar-refractivity contribution in [1.82, 2.24) is 5.32 Å². The molecule has 0 heterocycles. The van der Waals surface area contributed by atoms with Gasteiger partial charge >= 0.3 is 0 Å². The summed E-state index contributed by atoms with van der Waals surface area (Å²) in [5.41, 5.74) is 7.54. The van der Waals surface area contributed by atoms with Crippen molar-refractivity contribution >= 4 is 18.3 Å². The fourth-order valence-corrected chi connectivity index (χ4v) is 2.44. The van der Waals surface area contributed by atoms with E-state index in [2.05, 4.69) is 5.32 Å². The Kier molecular flexibility index (Phi) is 7.68. The zero-order valence-corrected chi connectivity index (χ0v) is 14.5. The van der Waals surface area contributed by atoms with Crippen molar-refractivity contribution < 1.29 is 13.9 Å². The molecule has 0 aliphatic rings. The van der Waals surface area contributed by atoms with Gasteiger partial charge in [0, 0.05) is 18.0 Å². The van der Waals surface area contributed by atoms with Crippen LogP contribution in [0.15, 0.2) is 48.5 Å². The lowest BCUT2D eigenvalue weighted by Crippen LogP contribution is -2.30. The van der Waals surface area contributed by atoms with E-state index < -0.39 is 0 Å². The number of hydrogen-bond donors (Lipinski definition) is 2. The minimum Gasteiger partial charge on any atom is -0.496 e. The number of carbonyl (C=O) groups is 1. The topological polar surface area (TPSA) is 64.3 Å². The van der Waals surface area contributed by atoms with Crippen LogP contribution in [-0.4, -0.2) is 13.0 Å². The average Bonchev–Trinajstić information content (AvgIpc) is 2.55. The Morgan fingerprint density at radius 3 is 2.54 bits per heavy atom. The summed E-state index contributed by atoms with van der Waals surface area (Å²) in [5, 5.41) is 2.83. The summed E-state index contributed by atoms with van der Waals surface area (Å²) in [4.78, 5) is 12.2. The van der Waals surface area contributed by atoms with Crippen LogP contribution in [0.2, 0.25) is 0 Å². The molecule has 0 spiro atoms. The Labute approximate surface area is 147 Å². The Morgan fingerprint density at radius 1 is 1.25 bits per heavy atom. The van der Waals surface area contributed by atoms with Crippen molar-refractivity contribution in [3.8, 4) is 5.75 Å². The molecule has 2 atom stereocenters. The number of benzene rings is 2. The van der Waals surface area contributed by atoms with E-state index >= 15 is 0 Å². The number of methoxy groups -OCH3 is 1. The number of hydrogen-bond acceptors (Lipinski definition) is 3. The average molecular weight is 353 g/mol. The molecule has 0 radical (unpaired) electrons. The van der Waals surface area contributed by atoms with Crippen LogP contribution in [-0.2, 0) is 4.79 Å². The Bertz CT molecular complexity index is 667. The van der Waals surface area contributed by atoms with Gasteiger partial charge in [0.15, 0.2) is 0 Å². The molecular formula is C18H22ClFN2O2. The maximum Gasteiger partial charge on any atom is 0.222 e. The van der Waals surface area contributed by atoms with E-state index in [4.69, 9.17) is 10.5 Å². The third-order valence-electron chi connectivity index (χ3n) is 3.67. The second kappa shape index (κ2) is 9.25. The van der Waals surface area contributed by atoms with Crippen molar-refractivity contribution in [3.05, 3.63) is 65.5 Å². The molecule has 2 aromatic carbocycles. The molecule has 6 heteroatoms. The summed E-state index contributed by atoms with van der Waals surface area (Å²) in [6.07, 6.45) is 0.159. The molecule has 0 bridgehead atoms. The molecule has 24 heavy (non-hydrogen) atoms. The molecule has 2 rings (SSSR count). The van der Waals surface area contributed by atoms with Crippen LogP contribution in [0.3, 0.4) is 0 Å². The number of amides is 1. The second-order valence-corrected chi connectivity index (χ2v) is 5.40. The van der Waals surface area contributed by atoms with Crippen LogP contribution in [0.5, 0.6) is 5.75 Å². The van der Waals surface area contributed by atoms with Gasteiger partial charge in [-0.2, -0.15) is 0 Å². The van der Waals surface area contributed by atoms with E-state index in [1.54, 1.807) is 13.0 Å². The standard InChI is InChI=1S/C18H21FN2O2.ClH/c1-12(15-10-14(19)8-9-17(15)23-2)21-18(22)11-16(20)13-6-4-3-5-7-13;/h3-10,12,16H,11,20H2,1-2H3,(H,21,22);1H. The van der Waals surface area contributed by atoms with Gasteiger partial charge in [0.1, 0.15) is 11.6 Å². The molecule has 0 saturated heterocycles. The first-order valence-electron chi connectivity index (χ1n) is 7.44. The molecular weight excluding hydrogens is 331 g/mol. The number of nitrogens with two attached hydrogens (primary N) is 1. The molecule has 4 nitrogen and oxygen atoms in total. The molecule has 130 valence electrons. The lowest BCUT2D eigenvalue weighted by Gasteiger charge is -2.19. The van der Waals surface area contributed by atoms with Gasteiger partial charge in [-0.15, -0.1) is 12.4 Å². The van der Waals surface area contributed by atoms with Crippen LogP contribution in [0.4, 0.5) is 4.39 Å². The van der Waals surface area contributed by atoms with Crippen LogP contribution in [0, 0.1) is 5.82 Å². The zero-order chi connectivity index (χ0) is 16.8. The van der Waals surface area contributed by atoms with E-state index in [0.29, 0.717) is 11.3 Å². The molecule has 0 aliphatic carbocycles. The molecule has 0 fully saturated rings. The fourth-order valence-electron chi connectivity index (χ4n) is 2.44. The summed E-state index contributed by atoms with van der Waals surface area (Å²) in [7, 11) is 1.51. The normalized spacial score (nSPS) is 12.7. The van der Waals surface area contributed by atoms with E-state index in [-0.39, 0.29) is 42.6 Å². The van der Waals surface area contributed by atoms with Crippen LogP contribution >= 0.6 is 12.4 Å². The fraction of sp³-hybridized carbons (Fsp3) is 0.278. The third kappa shape index (κ3) is 5.22. The van der Waals surface area contributed by atoms with Gasteiger partial charge in [-0.05, 0) is 30.7 Å². The Morgan fingerprint density at radius 2 is 1.92 bits per heavy atom. The summed E-state index contributed by atoms with van der Waals surface area (Å²) in [5.74, 6) is -0.0328. The first-order chi connectivity index (χ1) is 11.0. The van der Waals surface area contributed by atoms with Gasteiger partial charge in [-0.3, -0.25) is 4.79 Å². The highest BCUT2D eigenvalue weighted by atomic mass is 35.5. The van der Waals surface area contributed by atoms with Gasteiger partial charge in [0.25, 0.3) is 0 Å². The highest BCUT2D eigenvalue weighted by Crippen LogP contribution is 2.26. The molecule has 3 N–H and O–H groups in total. The summed E-state index contributed by atoms with van der Waals surface area (Å²) >= 11 is 0. The number of halogens is 2. The van der Waals surface area contributed by atoms with Gasteiger partial charge < -0.3 is 15.8 Å². The first-order valence-corrected chi connectivity index (χ1v) is 7.44. The van der Waals surface area contributed by atoms with Crippen molar-refractivity contribution in [2.24, 2.45) is 5.73 Å². The molecule has 0 saturated carbocycles. The predicted octanol–water partition coefficient (Wildman–Crippen LogP) is 3.52. The summed E-state index contributed by atoms with van der Waals surface area (Å²) in [6, 6.07) is 12.9. The maximum atomic E-state index is 13.4. The minimum absolute atomic E-state index is 0. The molecule has 2 unspecified atom stereocenters. The van der Waals surface area contributed by atoms with Crippen molar-refractivity contribution in [2.75, 3.05) is 7.11 Å². The Hall–Kier alpha value is -2.11. The van der Waals surface area contributed by atoms with Crippen LogP contribution in [0.1, 0.15) is 36.6 Å². The smallest absolute Gasteiger partial charge is 0.222 e. The highest BCUT2D eigenvalue weighted by Gasteiger charge is 2.17. The predicted molar refractivity (Wildman–Crippen MR) is 94.7 cm³/mol. The second-order valence-electron chi connectivity index (χ2n) is 5.40. The summed E-state index contributed by atoms with van der Waals surface area (Å²) < 4.78 is 18.6. The van der Waals surface area contributed by atoms with Gasteiger partial charge in [-0.25, -0.2) is 4.39 Å². The van der Waals surface area contributed by atoms with Gasteiger partial charge in [-0.1, -0.05) is 30.3 Å². The lowest BCUT2D eigenvalue weighted by molar-refractivity contribution is -0.122. The number of ether oxygens (including phenoxy) is 1. The molecule has 2 aromatic rings. The van der Waals surface area contributed by atoms with Gasteiger partial charge in [0.05, 0.1) is 13.2 Å². The van der Waals surface area contributed by atoms with E-state index in [1.165, 1.54) is 19.2 Å². The maximum absolute atomic E-state index is 13.4. The molecule has 0 aliphatic heterocycles. The van der Waals surface area contributed by atoms with Gasteiger partial charge in [0.2, 0.25) is 5.91 Å². The lowest BCUT2D eigenvalue weighted by atomic mass is 10.0. The highest BCUT2D eigenvalue weighted by molar-refractivity contribution is 5.85. The van der Waals surface area contributed by atoms with Crippen molar-refractivity contribution in [3.63, 3.8) is 0 Å². The number of nitrogens with one attached hydrogen (secondary N) is 1. The van der Waals surface area contributed by atoms with E-state index in [1.807, 2.05) is 30.3 Å². The van der Waals surface area contributed by atoms with E-state index in [0.717, 1.165) is 5.56 Å². The monoisotopic (exact) mass is 352 g/mol. The zero-order valence-electron chi connectivity index (χ0n) is 13.7. The van der Waals surface area contributed by atoms with E-state index in [9.17, 15) is 9.18 Å². The third-order valence-corrected chi connectivity index (χ3v) is 3.67. The molecule has 0 aromatic heterocycles. The molecule has 1 amide bonds. The van der Waals surface area contributed by atoms with Crippen LogP contribution in [0.25, 0.3) is 0 Å². The Balaban J connectivity index is 0.00000288. The SMILES string of the molecule is COc1ccc(F)cc1C(C)NC(=O)CC(N)c1ccccc1.Cl. The largest absolute Gasteiger partial charge is 0.496 e. The van der Waals surface area contributed by atoms with Crippen LogP contribution < -0.4 is 15.8 Å². The van der Waals surface area contributed by atoms with Crippen molar-refractivity contribution in [1.29, 1.82) is 0 Å². The number of rotatable bonds is 6. The minimum atomic E-state index is -0.379. The number of carbonyl (C=O) groups excluding carboxylic acids is 1. The summed E-state index contributed by atoms with van der Waals surface area (Å²) in [6.45, 7) is 1.78. The van der Waals surface area contributed by atoms with Crippen molar-refractivity contribution in [2.45, 2.75) is 25.4 Å². The first kappa shape index (κ1) is 19.9. The quantitative estimate of drug-likeness (QED) is 0.836.